The lowest BCUT2D eigenvalue weighted by Crippen LogP contribution is -2.23. The molecule has 1 aliphatic heterocycles. The smallest absolute Gasteiger partial charge is 0.266 e. The van der Waals surface area contributed by atoms with Gasteiger partial charge in [-0.1, -0.05) is 31.2 Å². The molecule has 0 aliphatic carbocycles. The first-order valence-electron chi connectivity index (χ1n) is 8.51. The largest absolute Gasteiger partial charge is 0.496 e. The van der Waals surface area contributed by atoms with E-state index in [9.17, 15) is 4.79 Å². The highest BCUT2D eigenvalue weighted by molar-refractivity contribution is 8.18. The van der Waals surface area contributed by atoms with Crippen LogP contribution in [0.5, 0.6) is 5.75 Å². The molecule has 0 saturated carbocycles. The zero-order valence-corrected chi connectivity index (χ0v) is 16.3. The molecule has 0 unspecified atom stereocenters. The monoisotopic (exact) mass is 366 g/mol. The van der Waals surface area contributed by atoms with Crippen LogP contribution in [-0.2, 0) is 11.2 Å². The van der Waals surface area contributed by atoms with Gasteiger partial charge in [0.05, 0.1) is 17.7 Å². The Morgan fingerprint density at radius 1 is 1.19 bits per heavy atom. The molecule has 0 spiro atoms. The molecular weight excluding hydrogens is 344 g/mol. The normalized spacial score (nSPS) is 17.4. The lowest BCUT2D eigenvalue weighted by atomic mass is 10.1. The van der Waals surface area contributed by atoms with Crippen LogP contribution in [0.4, 0.5) is 5.69 Å². The van der Waals surface area contributed by atoms with E-state index in [0.29, 0.717) is 10.1 Å². The van der Waals surface area contributed by atoms with Crippen molar-refractivity contribution in [1.29, 1.82) is 0 Å². The molecule has 1 fully saturated rings. The molecular formula is C21H22N2O2S. The van der Waals surface area contributed by atoms with Gasteiger partial charge < -0.3 is 4.74 Å². The Balaban J connectivity index is 1.87. The Hall–Kier alpha value is -2.53. The maximum Gasteiger partial charge on any atom is 0.266 e. The van der Waals surface area contributed by atoms with Crippen LogP contribution in [-0.4, -0.2) is 30.1 Å². The molecule has 0 aromatic heterocycles. The van der Waals surface area contributed by atoms with Crippen molar-refractivity contribution in [3.05, 3.63) is 64.1 Å². The van der Waals surface area contributed by atoms with E-state index in [2.05, 4.69) is 24.0 Å². The van der Waals surface area contributed by atoms with Crippen LogP contribution in [0.2, 0.25) is 0 Å². The first-order chi connectivity index (χ1) is 12.5. The number of hydrogen-bond donors (Lipinski definition) is 0. The average Bonchev–Trinajstić information content (AvgIpc) is 2.92. The van der Waals surface area contributed by atoms with E-state index in [1.165, 1.54) is 17.3 Å². The van der Waals surface area contributed by atoms with Gasteiger partial charge in [0.25, 0.3) is 5.91 Å². The number of methoxy groups -OCH3 is 1. The zero-order valence-electron chi connectivity index (χ0n) is 15.4. The van der Waals surface area contributed by atoms with Gasteiger partial charge in [0.1, 0.15) is 5.75 Å². The molecule has 3 rings (SSSR count). The van der Waals surface area contributed by atoms with Gasteiger partial charge in [-0.3, -0.25) is 9.69 Å². The van der Waals surface area contributed by atoms with Crippen molar-refractivity contribution >= 4 is 34.6 Å². The third-order valence-electron chi connectivity index (χ3n) is 4.30. The summed E-state index contributed by atoms with van der Waals surface area (Å²) in [4.78, 5) is 19.4. The minimum Gasteiger partial charge on any atom is -0.496 e. The van der Waals surface area contributed by atoms with Gasteiger partial charge in [0.2, 0.25) is 0 Å². The van der Waals surface area contributed by atoms with E-state index in [-0.39, 0.29) is 5.91 Å². The quantitative estimate of drug-likeness (QED) is 0.730. The fraction of sp³-hybridized carbons (Fsp3) is 0.238. The van der Waals surface area contributed by atoms with Crippen molar-refractivity contribution in [3.8, 4) is 5.75 Å². The summed E-state index contributed by atoms with van der Waals surface area (Å²) in [6, 6.07) is 14.0. The fourth-order valence-electron chi connectivity index (χ4n) is 2.65. The number of carbonyl (C=O) groups is 1. The second kappa shape index (κ2) is 7.79. The van der Waals surface area contributed by atoms with Crippen LogP contribution in [0.1, 0.15) is 23.6 Å². The molecule has 1 aliphatic rings. The van der Waals surface area contributed by atoms with Crippen molar-refractivity contribution in [2.75, 3.05) is 14.2 Å². The van der Waals surface area contributed by atoms with Crippen LogP contribution in [0.15, 0.2) is 52.4 Å². The molecule has 134 valence electrons. The number of ether oxygens (including phenoxy) is 1. The second-order valence-corrected chi connectivity index (χ2v) is 7.13. The minimum atomic E-state index is -0.0431. The van der Waals surface area contributed by atoms with Gasteiger partial charge in [-0.15, -0.1) is 0 Å². The van der Waals surface area contributed by atoms with Crippen LogP contribution < -0.4 is 4.74 Å². The Kier molecular flexibility index (Phi) is 5.47. The average molecular weight is 366 g/mol. The number of amides is 1. The Morgan fingerprint density at radius 2 is 1.92 bits per heavy atom. The topological polar surface area (TPSA) is 41.9 Å². The van der Waals surface area contributed by atoms with Crippen LogP contribution in [0, 0.1) is 6.92 Å². The van der Waals surface area contributed by atoms with E-state index < -0.39 is 0 Å². The van der Waals surface area contributed by atoms with Gasteiger partial charge in [-0.2, -0.15) is 0 Å². The lowest BCUT2D eigenvalue weighted by Gasteiger charge is -2.07. The molecule has 1 amide bonds. The SMILES string of the molecule is CCc1ccc(N=C2S/C(=C/c3ccc(C)c(OC)c3)C(=O)N2C)cc1. The summed E-state index contributed by atoms with van der Waals surface area (Å²) in [5.74, 6) is 0.770. The molecule has 2 aromatic rings. The predicted molar refractivity (Wildman–Crippen MR) is 109 cm³/mol. The summed E-state index contributed by atoms with van der Waals surface area (Å²) >= 11 is 1.39. The molecule has 0 bridgehead atoms. The third-order valence-corrected chi connectivity index (χ3v) is 5.36. The number of amidine groups is 1. The van der Waals surface area contributed by atoms with E-state index in [4.69, 9.17) is 4.74 Å². The summed E-state index contributed by atoms with van der Waals surface area (Å²) in [5.41, 5.74) is 4.12. The van der Waals surface area contributed by atoms with Gasteiger partial charge in [-0.05, 0) is 66.1 Å². The highest BCUT2D eigenvalue weighted by atomic mass is 32.2. The first-order valence-corrected chi connectivity index (χ1v) is 9.33. The molecule has 5 heteroatoms. The Morgan fingerprint density at radius 3 is 2.58 bits per heavy atom. The van der Waals surface area contributed by atoms with Crippen LogP contribution in [0.3, 0.4) is 0 Å². The summed E-state index contributed by atoms with van der Waals surface area (Å²) in [5, 5.41) is 0.685. The van der Waals surface area contributed by atoms with Crippen molar-refractivity contribution < 1.29 is 9.53 Å². The number of thioether (sulfide) groups is 1. The molecule has 1 saturated heterocycles. The number of rotatable bonds is 4. The van der Waals surface area contributed by atoms with E-state index in [1.807, 2.05) is 43.3 Å². The fourth-order valence-corrected chi connectivity index (χ4v) is 3.63. The number of carbonyl (C=O) groups excluding carboxylic acids is 1. The van der Waals surface area contributed by atoms with Gasteiger partial charge in [-0.25, -0.2) is 4.99 Å². The maximum absolute atomic E-state index is 12.6. The second-order valence-electron chi connectivity index (χ2n) is 6.12. The molecule has 26 heavy (non-hydrogen) atoms. The Labute approximate surface area is 158 Å². The molecule has 0 radical (unpaired) electrons. The van der Waals surface area contributed by atoms with Crippen LogP contribution >= 0.6 is 11.8 Å². The number of likely N-dealkylation sites (N-methyl/N-ethyl adjacent to an activating group) is 1. The summed E-state index contributed by atoms with van der Waals surface area (Å²) in [6.45, 7) is 4.12. The number of nitrogens with zero attached hydrogens (tertiary/aromatic N) is 2. The molecule has 1 heterocycles. The number of benzene rings is 2. The molecule has 0 N–H and O–H groups in total. The van der Waals surface area contributed by atoms with Crippen molar-refractivity contribution in [2.45, 2.75) is 20.3 Å². The molecule has 0 atom stereocenters. The van der Waals surface area contributed by atoms with Crippen LogP contribution in [0.25, 0.3) is 6.08 Å². The number of aryl methyl sites for hydroxylation is 2. The molecule has 4 nitrogen and oxygen atoms in total. The van der Waals surface area contributed by atoms with Gasteiger partial charge in [0, 0.05) is 7.05 Å². The number of aliphatic imine (C=N–C) groups is 1. The summed E-state index contributed by atoms with van der Waals surface area (Å²) in [7, 11) is 3.40. The highest BCUT2D eigenvalue weighted by Gasteiger charge is 2.30. The summed E-state index contributed by atoms with van der Waals surface area (Å²) < 4.78 is 5.36. The van der Waals surface area contributed by atoms with E-state index in [0.717, 1.165) is 29.0 Å². The predicted octanol–water partition coefficient (Wildman–Crippen LogP) is 4.80. The van der Waals surface area contributed by atoms with Gasteiger partial charge in [0.15, 0.2) is 5.17 Å². The van der Waals surface area contributed by atoms with Crippen molar-refractivity contribution in [2.24, 2.45) is 4.99 Å². The molecule has 2 aromatic carbocycles. The summed E-state index contributed by atoms with van der Waals surface area (Å²) in [6.07, 6.45) is 2.88. The van der Waals surface area contributed by atoms with Gasteiger partial charge >= 0.3 is 0 Å². The van der Waals surface area contributed by atoms with E-state index >= 15 is 0 Å². The highest BCUT2D eigenvalue weighted by Crippen LogP contribution is 2.33. The minimum absolute atomic E-state index is 0.0431. The maximum atomic E-state index is 12.6. The van der Waals surface area contributed by atoms with Crippen molar-refractivity contribution in [1.82, 2.24) is 4.90 Å². The zero-order chi connectivity index (χ0) is 18.7. The third kappa shape index (κ3) is 3.83. The van der Waals surface area contributed by atoms with E-state index in [1.54, 1.807) is 19.1 Å². The van der Waals surface area contributed by atoms with Crippen molar-refractivity contribution in [3.63, 3.8) is 0 Å². The first kappa shape index (κ1) is 18.3. The number of hydrogen-bond acceptors (Lipinski definition) is 4. The standard InChI is InChI=1S/C21H22N2O2S/c1-5-15-8-10-17(11-9-15)22-21-23(3)20(24)19(26-21)13-16-7-6-14(2)18(12-16)25-4/h6-13H,5H2,1-4H3/b19-13+,22-21?. The lowest BCUT2D eigenvalue weighted by molar-refractivity contribution is -0.121. The Bertz CT molecular complexity index is 885.